The SMILES string of the molecule is CC/C=C\C=C/C1CN=C(CNc2cc(Oc3ccc(OC)cc3Cl)nc(Cl)n2)N1. The van der Waals surface area contributed by atoms with Crippen molar-refractivity contribution in [2.24, 2.45) is 4.99 Å². The Labute approximate surface area is 185 Å². The summed E-state index contributed by atoms with van der Waals surface area (Å²) in [7, 11) is 1.57. The summed E-state index contributed by atoms with van der Waals surface area (Å²) in [5.41, 5.74) is 0. The van der Waals surface area contributed by atoms with Gasteiger partial charge in [-0.2, -0.15) is 4.98 Å². The van der Waals surface area contributed by atoms with E-state index in [-0.39, 0.29) is 17.2 Å². The molecule has 3 rings (SSSR count). The Bertz CT molecular complexity index is 962. The second kappa shape index (κ2) is 10.8. The minimum absolute atomic E-state index is 0.0597. The molecule has 1 atom stereocenters. The molecule has 1 aromatic heterocycles. The lowest BCUT2D eigenvalue weighted by atomic mass is 10.2. The fraction of sp³-hybridized carbons (Fsp3) is 0.286. The molecule has 9 heteroatoms. The first-order chi connectivity index (χ1) is 14.6. The quantitative estimate of drug-likeness (QED) is 0.420. The van der Waals surface area contributed by atoms with Gasteiger partial charge in [-0.25, -0.2) is 4.98 Å². The van der Waals surface area contributed by atoms with Crippen molar-refractivity contribution in [3.8, 4) is 17.4 Å². The van der Waals surface area contributed by atoms with Crippen molar-refractivity contribution in [1.82, 2.24) is 15.3 Å². The predicted molar refractivity (Wildman–Crippen MR) is 121 cm³/mol. The summed E-state index contributed by atoms with van der Waals surface area (Å²) in [5, 5.41) is 7.00. The van der Waals surface area contributed by atoms with E-state index in [1.165, 1.54) is 0 Å². The third-order valence-electron chi connectivity index (χ3n) is 4.12. The first-order valence-electron chi connectivity index (χ1n) is 9.50. The van der Waals surface area contributed by atoms with Crippen molar-refractivity contribution in [1.29, 1.82) is 0 Å². The molecule has 1 unspecified atom stereocenters. The third kappa shape index (κ3) is 6.37. The molecule has 7 nitrogen and oxygen atoms in total. The van der Waals surface area contributed by atoms with Gasteiger partial charge in [-0.05, 0) is 30.2 Å². The second-order valence-corrected chi connectivity index (χ2v) is 7.12. The van der Waals surface area contributed by atoms with E-state index in [0.29, 0.717) is 35.4 Å². The molecule has 30 heavy (non-hydrogen) atoms. The maximum atomic E-state index is 6.22. The predicted octanol–water partition coefficient (Wildman–Crippen LogP) is 4.89. The normalized spacial score (nSPS) is 16.0. The highest BCUT2D eigenvalue weighted by Crippen LogP contribution is 2.32. The largest absolute Gasteiger partial charge is 0.497 e. The molecule has 0 aliphatic carbocycles. The van der Waals surface area contributed by atoms with E-state index in [0.717, 1.165) is 12.3 Å². The Hall–Kier alpha value is -2.77. The number of methoxy groups -OCH3 is 1. The Balaban J connectivity index is 1.58. The number of rotatable bonds is 9. The van der Waals surface area contributed by atoms with Crippen LogP contribution in [0.4, 0.5) is 5.82 Å². The van der Waals surface area contributed by atoms with Crippen LogP contribution in [0.25, 0.3) is 0 Å². The van der Waals surface area contributed by atoms with Crippen molar-refractivity contribution in [3.63, 3.8) is 0 Å². The number of amidine groups is 1. The van der Waals surface area contributed by atoms with Crippen LogP contribution in [0.1, 0.15) is 13.3 Å². The van der Waals surface area contributed by atoms with Gasteiger partial charge in [-0.3, -0.25) is 4.99 Å². The zero-order chi connectivity index (χ0) is 21.3. The third-order valence-corrected chi connectivity index (χ3v) is 4.59. The molecule has 0 bridgehead atoms. The van der Waals surface area contributed by atoms with E-state index in [1.807, 2.05) is 12.2 Å². The molecule has 0 fully saturated rings. The van der Waals surface area contributed by atoms with E-state index in [2.05, 4.69) is 44.7 Å². The number of aromatic nitrogens is 2. The van der Waals surface area contributed by atoms with Crippen LogP contribution >= 0.6 is 23.2 Å². The number of halogens is 2. The molecule has 0 saturated heterocycles. The standard InChI is InChI=1S/C21H23Cl2N5O2/c1-3-4-5-6-7-14-12-24-19(26-14)13-25-18-11-20(28-21(23)27-18)30-17-9-8-15(29-2)10-16(17)22/h4-11,14H,3,12-13H2,1-2H3,(H,24,26)(H,25,27,28)/b5-4-,7-6-. The molecule has 2 heterocycles. The Morgan fingerprint density at radius 1 is 1.23 bits per heavy atom. The van der Waals surface area contributed by atoms with Gasteiger partial charge in [0.25, 0.3) is 0 Å². The monoisotopic (exact) mass is 447 g/mol. The maximum absolute atomic E-state index is 6.22. The summed E-state index contributed by atoms with van der Waals surface area (Å²) in [6.45, 7) is 3.28. The number of allylic oxidation sites excluding steroid dienone is 3. The van der Waals surface area contributed by atoms with Crippen molar-refractivity contribution in [2.45, 2.75) is 19.4 Å². The molecule has 0 radical (unpaired) electrons. The summed E-state index contributed by atoms with van der Waals surface area (Å²) in [5.74, 6) is 2.71. The Morgan fingerprint density at radius 3 is 2.87 bits per heavy atom. The Kier molecular flexibility index (Phi) is 7.93. The highest BCUT2D eigenvalue weighted by Gasteiger charge is 2.15. The van der Waals surface area contributed by atoms with Crippen molar-refractivity contribution < 1.29 is 9.47 Å². The summed E-state index contributed by atoms with van der Waals surface area (Å²) in [6, 6.07) is 6.94. The molecule has 2 aromatic rings. The summed E-state index contributed by atoms with van der Waals surface area (Å²) >= 11 is 12.3. The fourth-order valence-electron chi connectivity index (χ4n) is 2.66. The van der Waals surface area contributed by atoms with Crippen molar-refractivity contribution >= 4 is 34.9 Å². The minimum atomic E-state index is 0.0597. The van der Waals surface area contributed by atoms with Crippen LogP contribution in [0.5, 0.6) is 17.4 Å². The van der Waals surface area contributed by atoms with Gasteiger partial charge in [0.05, 0.1) is 31.3 Å². The molecule has 1 aliphatic heterocycles. The van der Waals surface area contributed by atoms with Gasteiger partial charge in [0.2, 0.25) is 11.2 Å². The van der Waals surface area contributed by atoms with E-state index in [9.17, 15) is 0 Å². The number of nitrogens with one attached hydrogen (secondary N) is 2. The molecular weight excluding hydrogens is 425 g/mol. The van der Waals surface area contributed by atoms with Crippen molar-refractivity contribution in [2.75, 3.05) is 25.5 Å². The smallest absolute Gasteiger partial charge is 0.227 e. The number of ether oxygens (including phenoxy) is 2. The second-order valence-electron chi connectivity index (χ2n) is 6.37. The van der Waals surface area contributed by atoms with Gasteiger partial charge >= 0.3 is 0 Å². The van der Waals surface area contributed by atoms with Crippen LogP contribution < -0.4 is 20.1 Å². The first-order valence-corrected chi connectivity index (χ1v) is 10.3. The maximum Gasteiger partial charge on any atom is 0.227 e. The molecule has 2 N–H and O–H groups in total. The molecule has 0 saturated carbocycles. The summed E-state index contributed by atoms with van der Waals surface area (Å²) in [4.78, 5) is 12.8. The molecule has 1 aliphatic rings. The lowest BCUT2D eigenvalue weighted by Gasteiger charge is -2.11. The number of anilines is 1. The van der Waals surface area contributed by atoms with Crippen LogP contribution in [0.3, 0.4) is 0 Å². The zero-order valence-electron chi connectivity index (χ0n) is 16.7. The van der Waals surface area contributed by atoms with Gasteiger partial charge in [0.1, 0.15) is 23.2 Å². The van der Waals surface area contributed by atoms with Gasteiger partial charge in [0, 0.05) is 12.1 Å². The summed E-state index contributed by atoms with van der Waals surface area (Å²) < 4.78 is 10.9. The molecular formula is C21H23Cl2N5O2. The number of aliphatic imine (C=N–C) groups is 1. The lowest BCUT2D eigenvalue weighted by molar-refractivity contribution is 0.412. The van der Waals surface area contributed by atoms with Crippen molar-refractivity contribution in [3.05, 3.63) is 58.9 Å². The van der Waals surface area contributed by atoms with E-state index in [1.54, 1.807) is 31.4 Å². The fourth-order valence-corrected chi connectivity index (χ4v) is 3.04. The number of hydrogen-bond acceptors (Lipinski definition) is 7. The molecule has 1 aromatic carbocycles. The average Bonchev–Trinajstić information content (AvgIpc) is 3.18. The average molecular weight is 448 g/mol. The van der Waals surface area contributed by atoms with Crippen LogP contribution in [-0.2, 0) is 0 Å². The zero-order valence-corrected chi connectivity index (χ0v) is 18.2. The van der Waals surface area contributed by atoms with Crippen LogP contribution in [-0.4, -0.2) is 42.0 Å². The van der Waals surface area contributed by atoms with Crippen LogP contribution in [0, 0.1) is 0 Å². The highest BCUT2D eigenvalue weighted by atomic mass is 35.5. The highest BCUT2D eigenvalue weighted by molar-refractivity contribution is 6.32. The number of nitrogens with zero attached hydrogens (tertiary/aromatic N) is 3. The lowest BCUT2D eigenvalue weighted by Crippen LogP contribution is -2.32. The molecule has 158 valence electrons. The molecule has 0 amide bonds. The van der Waals surface area contributed by atoms with E-state index < -0.39 is 0 Å². The Morgan fingerprint density at radius 2 is 2.10 bits per heavy atom. The van der Waals surface area contributed by atoms with Gasteiger partial charge in [-0.1, -0.05) is 42.8 Å². The first kappa shape index (κ1) is 21.9. The number of hydrogen-bond donors (Lipinski definition) is 2. The molecule has 0 spiro atoms. The number of benzene rings is 1. The van der Waals surface area contributed by atoms with E-state index >= 15 is 0 Å². The van der Waals surface area contributed by atoms with Crippen LogP contribution in [0.15, 0.2) is 53.6 Å². The summed E-state index contributed by atoms with van der Waals surface area (Å²) in [6.07, 6.45) is 9.29. The van der Waals surface area contributed by atoms with E-state index in [4.69, 9.17) is 32.7 Å². The topological polar surface area (TPSA) is 80.7 Å². The minimum Gasteiger partial charge on any atom is -0.497 e. The van der Waals surface area contributed by atoms with Crippen LogP contribution in [0.2, 0.25) is 10.3 Å². The van der Waals surface area contributed by atoms with Gasteiger partial charge in [0.15, 0.2) is 0 Å². The van der Waals surface area contributed by atoms with Gasteiger partial charge in [-0.15, -0.1) is 0 Å². The van der Waals surface area contributed by atoms with Gasteiger partial charge < -0.3 is 20.1 Å².